The molecule has 5 heteroatoms. The number of carbonyl (C=O) groups is 2. The van der Waals surface area contributed by atoms with Crippen LogP contribution >= 0.6 is 0 Å². The molecular formula is C24H19N3O2. The molecule has 1 atom stereocenters. The smallest absolute Gasteiger partial charge is 0.319 e. The minimum absolute atomic E-state index is 0.188. The first-order chi connectivity index (χ1) is 14.0. The van der Waals surface area contributed by atoms with Crippen molar-refractivity contribution >= 4 is 11.9 Å². The molecule has 5 nitrogen and oxygen atoms in total. The molecule has 1 aliphatic heterocycles. The molecule has 29 heavy (non-hydrogen) atoms. The van der Waals surface area contributed by atoms with Crippen LogP contribution in [0.3, 0.4) is 0 Å². The third-order valence-corrected chi connectivity index (χ3v) is 5.28. The summed E-state index contributed by atoms with van der Waals surface area (Å²) in [5.41, 5.74) is 2.90. The highest BCUT2D eigenvalue weighted by atomic mass is 16.2. The summed E-state index contributed by atoms with van der Waals surface area (Å²) >= 11 is 0. The van der Waals surface area contributed by atoms with Gasteiger partial charge in [-0.3, -0.25) is 9.69 Å². The highest BCUT2D eigenvalue weighted by molar-refractivity contribution is 6.07. The number of hydrogen-bond donors (Lipinski definition) is 1. The van der Waals surface area contributed by atoms with Gasteiger partial charge in [0.25, 0.3) is 5.91 Å². The summed E-state index contributed by atoms with van der Waals surface area (Å²) in [7, 11) is 0. The second kappa shape index (κ2) is 7.25. The van der Waals surface area contributed by atoms with E-state index in [2.05, 4.69) is 11.4 Å². The maximum absolute atomic E-state index is 13.0. The molecule has 1 fully saturated rings. The monoisotopic (exact) mass is 381 g/mol. The van der Waals surface area contributed by atoms with E-state index in [1.165, 1.54) is 4.90 Å². The van der Waals surface area contributed by atoms with Crippen LogP contribution in [0, 0.1) is 11.3 Å². The number of benzene rings is 3. The van der Waals surface area contributed by atoms with Crippen LogP contribution in [0.2, 0.25) is 0 Å². The van der Waals surface area contributed by atoms with Gasteiger partial charge in [-0.05, 0) is 35.2 Å². The van der Waals surface area contributed by atoms with E-state index < -0.39 is 11.6 Å². The first-order valence-corrected chi connectivity index (χ1v) is 9.31. The van der Waals surface area contributed by atoms with E-state index >= 15 is 0 Å². The maximum atomic E-state index is 13.0. The molecular weight excluding hydrogens is 362 g/mol. The maximum Gasteiger partial charge on any atom is 0.325 e. The highest BCUT2D eigenvalue weighted by Crippen LogP contribution is 2.30. The zero-order chi connectivity index (χ0) is 20.4. The lowest BCUT2D eigenvalue weighted by Crippen LogP contribution is -2.40. The second-order valence-electron chi connectivity index (χ2n) is 7.17. The Balaban J connectivity index is 1.56. The minimum Gasteiger partial charge on any atom is -0.319 e. The van der Waals surface area contributed by atoms with E-state index in [1.54, 1.807) is 13.0 Å². The van der Waals surface area contributed by atoms with Crippen molar-refractivity contribution in [3.8, 4) is 17.2 Å². The Morgan fingerprint density at radius 2 is 1.59 bits per heavy atom. The number of nitriles is 1. The van der Waals surface area contributed by atoms with E-state index in [1.807, 2.05) is 72.8 Å². The van der Waals surface area contributed by atoms with Crippen molar-refractivity contribution in [1.82, 2.24) is 10.2 Å². The predicted molar refractivity (Wildman–Crippen MR) is 109 cm³/mol. The van der Waals surface area contributed by atoms with Crippen LogP contribution < -0.4 is 5.32 Å². The van der Waals surface area contributed by atoms with Gasteiger partial charge in [0.15, 0.2) is 0 Å². The number of rotatable bonds is 4. The topological polar surface area (TPSA) is 73.2 Å². The third kappa shape index (κ3) is 3.26. The summed E-state index contributed by atoms with van der Waals surface area (Å²) in [4.78, 5) is 26.8. The predicted octanol–water partition coefficient (Wildman–Crippen LogP) is 4.19. The second-order valence-corrected chi connectivity index (χ2v) is 7.17. The molecule has 142 valence electrons. The first-order valence-electron chi connectivity index (χ1n) is 9.31. The van der Waals surface area contributed by atoms with Crippen LogP contribution in [0.5, 0.6) is 0 Å². The van der Waals surface area contributed by atoms with Gasteiger partial charge >= 0.3 is 6.03 Å². The average Bonchev–Trinajstić information content (AvgIpc) is 2.99. The van der Waals surface area contributed by atoms with E-state index in [0.29, 0.717) is 5.56 Å². The molecule has 1 heterocycles. The molecule has 0 aromatic heterocycles. The standard InChI is InChI=1S/C24H19N3O2/c1-24(20-8-3-2-4-9-20)22(28)27(23(29)26-24)16-17-11-13-18(14-12-17)21-10-6-5-7-19(21)15-25/h2-14H,16H2,1H3,(H,26,29). The molecule has 3 aromatic carbocycles. The normalized spacial score (nSPS) is 18.4. The van der Waals surface area contributed by atoms with Crippen LogP contribution in [0.1, 0.15) is 23.6 Å². The first kappa shape index (κ1) is 18.5. The van der Waals surface area contributed by atoms with Crippen molar-refractivity contribution in [3.63, 3.8) is 0 Å². The van der Waals surface area contributed by atoms with Gasteiger partial charge in [-0.1, -0.05) is 72.8 Å². The summed E-state index contributed by atoms with van der Waals surface area (Å²) in [5, 5.41) is 12.1. The molecule has 1 N–H and O–H groups in total. The summed E-state index contributed by atoms with van der Waals surface area (Å²) < 4.78 is 0. The summed E-state index contributed by atoms with van der Waals surface area (Å²) in [6.07, 6.45) is 0. The van der Waals surface area contributed by atoms with Crippen LogP contribution in [0.4, 0.5) is 4.79 Å². The molecule has 0 bridgehead atoms. The molecule has 1 unspecified atom stereocenters. The number of imide groups is 1. The lowest BCUT2D eigenvalue weighted by molar-refractivity contribution is -0.131. The fourth-order valence-electron chi connectivity index (χ4n) is 3.61. The van der Waals surface area contributed by atoms with Gasteiger partial charge in [0.05, 0.1) is 18.2 Å². The van der Waals surface area contributed by atoms with Crippen LogP contribution in [0.15, 0.2) is 78.9 Å². The summed E-state index contributed by atoms with van der Waals surface area (Å²) in [6.45, 7) is 1.91. The highest BCUT2D eigenvalue weighted by Gasteiger charge is 2.48. The molecule has 1 aliphatic rings. The number of nitrogens with one attached hydrogen (secondary N) is 1. The SMILES string of the molecule is CC1(c2ccccc2)NC(=O)N(Cc2ccc(-c3ccccc3C#N)cc2)C1=O. The Kier molecular flexibility index (Phi) is 4.61. The van der Waals surface area contributed by atoms with Gasteiger partial charge in [0, 0.05) is 0 Å². The summed E-state index contributed by atoms with van der Waals surface area (Å²) in [5.74, 6) is -0.271. The van der Waals surface area contributed by atoms with Crippen molar-refractivity contribution in [3.05, 3.63) is 95.6 Å². The number of carbonyl (C=O) groups excluding carboxylic acids is 2. The zero-order valence-electron chi connectivity index (χ0n) is 15.9. The van der Waals surface area contributed by atoms with E-state index in [0.717, 1.165) is 22.3 Å². The minimum atomic E-state index is -1.07. The Hall–Kier alpha value is -3.91. The number of nitrogens with zero attached hydrogens (tertiary/aromatic N) is 2. The van der Waals surface area contributed by atoms with Crippen molar-refractivity contribution in [2.24, 2.45) is 0 Å². The third-order valence-electron chi connectivity index (χ3n) is 5.28. The van der Waals surface area contributed by atoms with Gasteiger partial charge in [-0.2, -0.15) is 5.26 Å². The molecule has 0 radical (unpaired) electrons. The van der Waals surface area contributed by atoms with E-state index in [-0.39, 0.29) is 12.5 Å². The molecule has 4 rings (SSSR count). The van der Waals surface area contributed by atoms with Crippen molar-refractivity contribution in [2.75, 3.05) is 0 Å². The lowest BCUT2D eigenvalue weighted by Gasteiger charge is -2.22. The van der Waals surface area contributed by atoms with E-state index in [9.17, 15) is 14.9 Å². The van der Waals surface area contributed by atoms with E-state index in [4.69, 9.17) is 0 Å². The molecule has 1 saturated heterocycles. The van der Waals surface area contributed by atoms with Crippen molar-refractivity contribution in [2.45, 2.75) is 19.0 Å². The van der Waals surface area contributed by atoms with Crippen LogP contribution in [-0.2, 0) is 16.9 Å². The van der Waals surface area contributed by atoms with Gasteiger partial charge in [0.2, 0.25) is 0 Å². The van der Waals surface area contributed by atoms with Gasteiger partial charge in [-0.25, -0.2) is 4.79 Å². The Morgan fingerprint density at radius 3 is 2.28 bits per heavy atom. The largest absolute Gasteiger partial charge is 0.325 e. The Morgan fingerprint density at radius 1 is 0.931 bits per heavy atom. The number of urea groups is 1. The van der Waals surface area contributed by atoms with Gasteiger partial charge in [0.1, 0.15) is 5.54 Å². The fourth-order valence-corrected chi connectivity index (χ4v) is 3.61. The van der Waals surface area contributed by atoms with Crippen molar-refractivity contribution in [1.29, 1.82) is 5.26 Å². The van der Waals surface area contributed by atoms with Crippen LogP contribution in [-0.4, -0.2) is 16.8 Å². The Bertz CT molecular complexity index is 1120. The van der Waals surface area contributed by atoms with Crippen LogP contribution in [0.25, 0.3) is 11.1 Å². The average molecular weight is 381 g/mol. The fraction of sp³-hybridized carbons (Fsp3) is 0.125. The van der Waals surface area contributed by atoms with Gasteiger partial charge < -0.3 is 5.32 Å². The lowest BCUT2D eigenvalue weighted by atomic mass is 9.92. The molecule has 0 aliphatic carbocycles. The molecule has 3 aromatic rings. The summed E-state index contributed by atoms with van der Waals surface area (Å²) in [6, 6.07) is 26.0. The van der Waals surface area contributed by atoms with Crippen molar-refractivity contribution < 1.29 is 9.59 Å². The quantitative estimate of drug-likeness (QED) is 0.689. The number of amides is 3. The van der Waals surface area contributed by atoms with Gasteiger partial charge in [-0.15, -0.1) is 0 Å². The number of hydrogen-bond acceptors (Lipinski definition) is 3. The molecule has 0 saturated carbocycles. The molecule has 0 spiro atoms. The molecule has 3 amide bonds. The Labute approximate surface area is 169 Å². The zero-order valence-corrected chi connectivity index (χ0v) is 15.9.